The van der Waals surface area contributed by atoms with Gasteiger partial charge in [0.1, 0.15) is 22.9 Å². The lowest BCUT2D eigenvalue weighted by atomic mass is 9.84. The number of aliphatic imine (C=N–C) groups is 1. The standard InChI is InChI=1S/C37H49N7O9S/c1-36(2,50)30-21-39-42-44(30)25-20-29(34(48)41-37(31(45)32(38)46)15-17-53-18-16-37)43(22-25)35(49)28(19-23-7-4-3-5-8-23)40-33(47)24-11-13-27(14-12-24)54(51,52)26-9-6-10-26/h11-14,21,23,25-26,29,50H,3-10,15-20,22H2,1-2H3,(H2,38,46)(H,41,48)/t25-,29-/m0/s1. The summed E-state index contributed by atoms with van der Waals surface area (Å²) in [5.41, 5.74) is 2.81. The number of sulfone groups is 1. The molecular formula is C37H49N7O9S. The lowest BCUT2D eigenvalue weighted by Crippen LogP contribution is -2.63. The minimum Gasteiger partial charge on any atom is -0.384 e. The molecule has 2 saturated heterocycles. The predicted octanol–water partition coefficient (Wildman–Crippen LogP) is 1.95. The number of carbonyl (C=O) groups is 5. The molecule has 292 valence electrons. The SMILES string of the molecule is CC(C)(O)c1cnnn1[C@H]1C[C@@H](C(=O)NC2(C(=O)C(N)=O)CCOCC2)N(C(=O)C(CC2CCCCC2)=NC(=O)c2ccc(S(=O)(=O)C3CCC3)cc2)C1. The van der Waals surface area contributed by atoms with E-state index in [-0.39, 0.29) is 67.5 Å². The molecule has 4 amide bonds. The van der Waals surface area contributed by atoms with Crippen LogP contribution < -0.4 is 11.1 Å². The topological polar surface area (TPSA) is 233 Å². The van der Waals surface area contributed by atoms with E-state index < -0.39 is 67.7 Å². The van der Waals surface area contributed by atoms with Crippen molar-refractivity contribution >= 4 is 45.0 Å². The molecule has 2 atom stereocenters. The fraction of sp³-hybridized carbons (Fsp3) is 0.622. The van der Waals surface area contributed by atoms with E-state index >= 15 is 0 Å². The molecule has 6 rings (SSSR count). The first kappa shape index (κ1) is 39.3. The number of rotatable bonds is 12. The lowest BCUT2D eigenvalue weighted by Gasteiger charge is -2.37. The minimum atomic E-state index is -3.51. The number of aliphatic hydroxyl groups is 1. The molecular weight excluding hydrogens is 719 g/mol. The van der Waals surface area contributed by atoms with Crippen LogP contribution >= 0.6 is 0 Å². The lowest BCUT2D eigenvalue weighted by molar-refractivity contribution is -0.146. The predicted molar refractivity (Wildman–Crippen MR) is 194 cm³/mol. The Balaban J connectivity index is 1.34. The third-order valence-corrected chi connectivity index (χ3v) is 13.6. The van der Waals surface area contributed by atoms with Crippen LogP contribution in [0.25, 0.3) is 0 Å². The molecule has 0 bridgehead atoms. The van der Waals surface area contributed by atoms with Crippen molar-refractivity contribution in [3.05, 3.63) is 41.7 Å². The highest BCUT2D eigenvalue weighted by Gasteiger charge is 2.49. The second-order valence-electron chi connectivity index (χ2n) is 15.6. The number of nitrogens with one attached hydrogen (secondary N) is 1. The van der Waals surface area contributed by atoms with Gasteiger partial charge in [-0.05, 0) is 63.3 Å². The van der Waals surface area contributed by atoms with Crippen LogP contribution in [0, 0.1) is 5.92 Å². The van der Waals surface area contributed by atoms with E-state index in [1.54, 1.807) is 13.8 Å². The first-order valence-electron chi connectivity index (χ1n) is 18.7. The number of primary amides is 1. The van der Waals surface area contributed by atoms with Crippen molar-refractivity contribution in [1.29, 1.82) is 0 Å². The second kappa shape index (κ2) is 15.8. The highest BCUT2D eigenvalue weighted by Crippen LogP contribution is 2.35. The van der Waals surface area contributed by atoms with E-state index in [1.807, 2.05) is 0 Å². The summed E-state index contributed by atoms with van der Waals surface area (Å²) < 4.78 is 32.8. The second-order valence-corrected chi connectivity index (χ2v) is 17.8. The quantitative estimate of drug-likeness (QED) is 0.209. The monoisotopic (exact) mass is 767 g/mol. The van der Waals surface area contributed by atoms with Crippen LogP contribution in [-0.4, -0.2) is 105 Å². The molecule has 2 aliphatic carbocycles. The largest absolute Gasteiger partial charge is 0.384 e. The smallest absolute Gasteiger partial charge is 0.287 e. The van der Waals surface area contributed by atoms with Crippen molar-refractivity contribution in [3.63, 3.8) is 0 Å². The molecule has 1 aromatic heterocycles. The summed E-state index contributed by atoms with van der Waals surface area (Å²) in [7, 11) is -3.51. The highest BCUT2D eigenvalue weighted by molar-refractivity contribution is 7.92. The van der Waals surface area contributed by atoms with E-state index in [4.69, 9.17) is 10.5 Å². The van der Waals surface area contributed by atoms with Crippen molar-refractivity contribution in [1.82, 2.24) is 25.2 Å². The Morgan fingerprint density at radius 2 is 1.69 bits per heavy atom. The van der Waals surface area contributed by atoms with Crippen LogP contribution in [0.4, 0.5) is 0 Å². The van der Waals surface area contributed by atoms with E-state index in [0.717, 1.165) is 38.5 Å². The average molecular weight is 768 g/mol. The Bertz CT molecular complexity index is 1900. The van der Waals surface area contributed by atoms with Crippen LogP contribution in [-0.2, 0) is 39.4 Å². The maximum absolute atomic E-state index is 14.7. The maximum atomic E-state index is 14.7. The molecule has 2 aromatic rings. The van der Waals surface area contributed by atoms with Gasteiger partial charge in [-0.1, -0.05) is 43.7 Å². The van der Waals surface area contributed by atoms with Crippen molar-refractivity contribution < 1.29 is 42.2 Å². The molecule has 4 fully saturated rings. The van der Waals surface area contributed by atoms with Crippen molar-refractivity contribution in [3.8, 4) is 0 Å². The third-order valence-electron chi connectivity index (χ3n) is 11.4. The van der Waals surface area contributed by atoms with Gasteiger partial charge in [-0.2, -0.15) is 0 Å². The number of likely N-dealkylation sites (tertiary alicyclic amines) is 1. The van der Waals surface area contributed by atoms with Crippen molar-refractivity contribution in [2.45, 2.75) is 124 Å². The third kappa shape index (κ3) is 8.17. The number of amides is 4. The minimum absolute atomic E-state index is 0.000170. The van der Waals surface area contributed by atoms with Gasteiger partial charge in [-0.3, -0.25) is 24.0 Å². The number of ketones is 1. The summed E-state index contributed by atoms with van der Waals surface area (Å²) in [6.45, 7) is 3.23. The average Bonchev–Trinajstić information content (AvgIpc) is 3.79. The molecule has 16 nitrogen and oxygen atoms in total. The Kier molecular flexibility index (Phi) is 11.5. The zero-order chi connectivity index (χ0) is 38.8. The van der Waals surface area contributed by atoms with Crippen molar-refractivity contribution in [2.75, 3.05) is 19.8 Å². The van der Waals surface area contributed by atoms with Crippen LogP contribution in [0.2, 0.25) is 0 Å². The zero-order valence-electron chi connectivity index (χ0n) is 30.7. The van der Waals surface area contributed by atoms with Gasteiger partial charge < -0.3 is 25.8 Å². The van der Waals surface area contributed by atoms with Gasteiger partial charge >= 0.3 is 0 Å². The molecule has 17 heteroatoms. The summed E-state index contributed by atoms with van der Waals surface area (Å²) in [5, 5.41) is 21.4. The first-order valence-corrected chi connectivity index (χ1v) is 20.3. The van der Waals surface area contributed by atoms with Gasteiger partial charge in [-0.25, -0.2) is 18.1 Å². The number of aromatic nitrogens is 3. The van der Waals surface area contributed by atoms with Gasteiger partial charge in [0.05, 0.1) is 28.1 Å². The number of nitrogens with zero attached hydrogens (tertiary/aromatic N) is 5. The molecule has 2 saturated carbocycles. The summed E-state index contributed by atoms with van der Waals surface area (Å²) in [6, 6.07) is 3.72. The molecule has 4 aliphatic rings. The zero-order valence-corrected chi connectivity index (χ0v) is 31.6. The van der Waals surface area contributed by atoms with Gasteiger partial charge in [0.15, 0.2) is 9.84 Å². The number of hydrogen-bond donors (Lipinski definition) is 3. The first-order chi connectivity index (χ1) is 25.6. The molecule has 0 spiro atoms. The van der Waals surface area contributed by atoms with Gasteiger partial charge in [-0.15, -0.1) is 5.10 Å². The molecule has 4 N–H and O–H groups in total. The summed E-state index contributed by atoms with van der Waals surface area (Å²) in [5.74, 6) is -4.21. The molecule has 1 aromatic carbocycles. The summed E-state index contributed by atoms with van der Waals surface area (Å²) in [6.07, 6.45) is 8.26. The van der Waals surface area contributed by atoms with Gasteiger partial charge in [0.2, 0.25) is 11.7 Å². The molecule has 3 heterocycles. The molecule has 0 unspecified atom stereocenters. The fourth-order valence-electron chi connectivity index (χ4n) is 7.96. The number of hydrogen-bond acceptors (Lipinski definition) is 11. The maximum Gasteiger partial charge on any atom is 0.287 e. The summed E-state index contributed by atoms with van der Waals surface area (Å²) >= 11 is 0. The Labute approximate surface area is 314 Å². The van der Waals surface area contributed by atoms with Crippen LogP contribution in [0.3, 0.4) is 0 Å². The highest BCUT2D eigenvalue weighted by atomic mass is 32.2. The van der Waals surface area contributed by atoms with E-state index in [9.17, 15) is 37.5 Å². The van der Waals surface area contributed by atoms with E-state index in [0.29, 0.717) is 18.5 Å². The number of ether oxygens (including phenoxy) is 1. The van der Waals surface area contributed by atoms with E-state index in [2.05, 4.69) is 20.6 Å². The number of benzene rings is 1. The molecule has 0 radical (unpaired) electrons. The number of nitrogens with two attached hydrogens (primary N) is 1. The van der Waals surface area contributed by atoms with Crippen LogP contribution in [0.15, 0.2) is 40.4 Å². The van der Waals surface area contributed by atoms with Crippen LogP contribution in [0.5, 0.6) is 0 Å². The van der Waals surface area contributed by atoms with Crippen LogP contribution in [0.1, 0.15) is 113 Å². The Morgan fingerprint density at radius 1 is 1.02 bits per heavy atom. The Morgan fingerprint density at radius 3 is 2.28 bits per heavy atom. The fourth-order valence-corrected chi connectivity index (χ4v) is 9.81. The van der Waals surface area contributed by atoms with Crippen molar-refractivity contribution in [2.24, 2.45) is 16.6 Å². The summed E-state index contributed by atoms with van der Waals surface area (Å²) in [4.78, 5) is 73.8. The normalized spacial score (nSPS) is 22.7. The van der Waals surface area contributed by atoms with E-state index in [1.165, 1.54) is 40.0 Å². The van der Waals surface area contributed by atoms with Gasteiger partial charge in [0.25, 0.3) is 17.7 Å². The Hall–Kier alpha value is -4.35. The molecule has 54 heavy (non-hydrogen) atoms. The molecule has 2 aliphatic heterocycles. The number of Topliss-reactive ketones (excluding diaryl/α,β-unsaturated/α-hetero) is 1. The number of carbonyl (C=O) groups excluding carboxylic acids is 5. The van der Waals surface area contributed by atoms with Gasteiger partial charge in [0, 0.05) is 44.6 Å².